The van der Waals surface area contributed by atoms with Gasteiger partial charge in [-0.05, 0) is 0 Å². The van der Waals surface area contributed by atoms with Crippen molar-refractivity contribution in [3.63, 3.8) is 0 Å². The number of aromatic nitrogens is 2. The molecule has 0 aliphatic heterocycles. The smallest absolute Gasteiger partial charge is 0.266 e. The summed E-state index contributed by atoms with van der Waals surface area (Å²) in [5.74, 6) is 0. The molecule has 5 nitrogen and oxygen atoms in total. The van der Waals surface area contributed by atoms with Crippen molar-refractivity contribution in [1.29, 1.82) is 0 Å². The highest BCUT2D eigenvalue weighted by Gasteiger charge is 2.34. The predicted molar refractivity (Wildman–Crippen MR) is 35.0 cm³/mol. The summed E-state index contributed by atoms with van der Waals surface area (Å²) < 4.78 is 56.6. The molecule has 0 aliphatic carbocycles. The summed E-state index contributed by atoms with van der Waals surface area (Å²) in [6.07, 6.45) is -4.68. The number of nitrogens with zero attached hydrogens (tertiary/aromatic N) is 1. The average Bonchev–Trinajstić information content (AvgIpc) is 2.28. The third kappa shape index (κ3) is 2.18. The third-order valence-electron chi connectivity index (χ3n) is 1.15. The van der Waals surface area contributed by atoms with E-state index in [1.807, 2.05) is 0 Å². The molecule has 0 saturated heterocycles. The summed E-state index contributed by atoms with van der Waals surface area (Å²) in [5, 5.41) is 8.20. The van der Waals surface area contributed by atoms with E-state index < -0.39 is 26.9 Å². The Balaban J connectivity index is 3.16. The maximum atomic E-state index is 11.9. The first-order valence-electron chi connectivity index (χ1n) is 2.86. The van der Waals surface area contributed by atoms with Crippen LogP contribution in [0.15, 0.2) is 11.1 Å². The summed E-state index contributed by atoms with van der Waals surface area (Å²) in [7, 11) is -4.16. The predicted octanol–water partition coefficient (Wildman–Crippen LogP) is 0.0759. The van der Waals surface area contributed by atoms with Gasteiger partial charge < -0.3 is 0 Å². The van der Waals surface area contributed by atoms with E-state index in [-0.39, 0.29) is 0 Å². The molecule has 1 aromatic heterocycles. The van der Waals surface area contributed by atoms with Crippen LogP contribution in [0.2, 0.25) is 0 Å². The van der Waals surface area contributed by atoms with E-state index in [9.17, 15) is 21.6 Å². The molecular weight excluding hydrogens is 211 g/mol. The summed E-state index contributed by atoms with van der Waals surface area (Å²) in [6, 6.07) is 0.329. The number of nitrogens with two attached hydrogens (primary N) is 1. The molecule has 0 atom stereocenters. The number of sulfonamides is 1. The minimum Gasteiger partial charge on any atom is -0.266 e. The van der Waals surface area contributed by atoms with E-state index in [1.54, 1.807) is 5.10 Å². The van der Waals surface area contributed by atoms with Crippen molar-refractivity contribution in [2.45, 2.75) is 11.2 Å². The SMILES string of the molecule is NS(=O)(=O)c1cc(C(F)(F)F)n[nH]1. The number of rotatable bonds is 1. The van der Waals surface area contributed by atoms with Crippen molar-refractivity contribution in [2.75, 3.05) is 0 Å². The van der Waals surface area contributed by atoms with E-state index in [2.05, 4.69) is 10.2 Å². The molecule has 0 fully saturated rings. The highest BCUT2D eigenvalue weighted by molar-refractivity contribution is 7.89. The lowest BCUT2D eigenvalue weighted by Crippen LogP contribution is -2.12. The molecular formula is C4H4F3N3O2S. The molecule has 0 amide bonds. The van der Waals surface area contributed by atoms with Crippen molar-refractivity contribution >= 4 is 10.0 Å². The number of halogens is 3. The molecule has 0 aliphatic rings. The standard InChI is InChI=1S/C4H4F3N3O2S/c5-4(6,7)2-1-3(10-9-2)13(8,11)12/h1H,(H,9,10)(H2,8,11,12). The van der Waals surface area contributed by atoms with Crippen LogP contribution in [0.4, 0.5) is 13.2 Å². The molecule has 0 bridgehead atoms. The van der Waals surface area contributed by atoms with E-state index in [1.165, 1.54) is 0 Å². The van der Waals surface area contributed by atoms with Gasteiger partial charge in [0.25, 0.3) is 10.0 Å². The van der Waals surface area contributed by atoms with Crippen molar-refractivity contribution in [3.8, 4) is 0 Å². The van der Waals surface area contributed by atoms with Crippen molar-refractivity contribution in [1.82, 2.24) is 10.2 Å². The number of nitrogens with one attached hydrogen (secondary N) is 1. The Bertz CT molecular complexity index is 407. The zero-order chi connectivity index (χ0) is 10.3. The summed E-state index contributed by atoms with van der Waals surface area (Å²) >= 11 is 0. The number of hydrogen-bond acceptors (Lipinski definition) is 3. The molecule has 3 N–H and O–H groups in total. The van der Waals surface area contributed by atoms with Crippen LogP contribution in [-0.2, 0) is 16.2 Å². The summed E-state index contributed by atoms with van der Waals surface area (Å²) in [4.78, 5) is 0. The highest BCUT2D eigenvalue weighted by Crippen LogP contribution is 2.28. The molecule has 0 aromatic carbocycles. The Labute approximate surface area is 70.8 Å². The number of aromatic amines is 1. The van der Waals surface area contributed by atoms with Crippen LogP contribution >= 0.6 is 0 Å². The molecule has 9 heteroatoms. The maximum Gasteiger partial charge on any atom is 0.435 e. The Kier molecular flexibility index (Phi) is 2.08. The fraction of sp³-hybridized carbons (Fsp3) is 0.250. The lowest BCUT2D eigenvalue weighted by Gasteiger charge is -1.98. The molecule has 74 valence electrons. The fourth-order valence-corrected chi connectivity index (χ4v) is 1.04. The van der Waals surface area contributed by atoms with Gasteiger partial charge in [-0.2, -0.15) is 18.3 Å². The Morgan fingerprint density at radius 3 is 2.23 bits per heavy atom. The zero-order valence-corrected chi connectivity index (χ0v) is 6.78. The maximum absolute atomic E-state index is 11.9. The quantitative estimate of drug-likeness (QED) is 0.695. The normalized spacial score (nSPS) is 13.2. The first kappa shape index (κ1) is 9.99. The Hall–Kier alpha value is -1.09. The number of hydrogen-bond donors (Lipinski definition) is 2. The van der Waals surface area contributed by atoms with Gasteiger partial charge in [0.15, 0.2) is 10.7 Å². The molecule has 0 radical (unpaired) electrons. The first-order valence-corrected chi connectivity index (χ1v) is 4.41. The van der Waals surface area contributed by atoms with E-state index in [0.717, 1.165) is 0 Å². The second-order valence-corrected chi connectivity index (χ2v) is 3.69. The Morgan fingerprint density at radius 1 is 1.46 bits per heavy atom. The van der Waals surface area contributed by atoms with Crippen LogP contribution in [0.5, 0.6) is 0 Å². The minimum atomic E-state index is -4.68. The van der Waals surface area contributed by atoms with Gasteiger partial charge in [-0.3, -0.25) is 5.10 Å². The second kappa shape index (κ2) is 2.70. The Morgan fingerprint density at radius 2 is 2.00 bits per heavy atom. The number of H-pyrrole nitrogens is 1. The topological polar surface area (TPSA) is 88.8 Å². The number of primary sulfonamides is 1. The highest BCUT2D eigenvalue weighted by atomic mass is 32.2. The zero-order valence-electron chi connectivity index (χ0n) is 5.96. The minimum absolute atomic E-state index is 0.329. The van der Waals surface area contributed by atoms with Crippen LogP contribution in [0.3, 0.4) is 0 Å². The molecule has 1 rings (SSSR count). The molecule has 1 aromatic rings. The van der Waals surface area contributed by atoms with Gasteiger partial charge in [0, 0.05) is 6.07 Å². The molecule has 1 heterocycles. The van der Waals surface area contributed by atoms with E-state index in [0.29, 0.717) is 6.07 Å². The molecule has 0 spiro atoms. The van der Waals surface area contributed by atoms with Crippen LogP contribution in [0.1, 0.15) is 5.69 Å². The van der Waals surface area contributed by atoms with Crippen molar-refractivity contribution < 1.29 is 21.6 Å². The van der Waals surface area contributed by atoms with Crippen LogP contribution in [0.25, 0.3) is 0 Å². The average molecular weight is 215 g/mol. The van der Waals surface area contributed by atoms with Gasteiger partial charge in [-0.25, -0.2) is 13.6 Å². The van der Waals surface area contributed by atoms with Gasteiger partial charge in [-0.15, -0.1) is 0 Å². The van der Waals surface area contributed by atoms with E-state index in [4.69, 9.17) is 0 Å². The van der Waals surface area contributed by atoms with Gasteiger partial charge in [0.2, 0.25) is 0 Å². The monoisotopic (exact) mass is 215 g/mol. The largest absolute Gasteiger partial charge is 0.435 e. The third-order valence-corrected chi connectivity index (χ3v) is 1.97. The van der Waals surface area contributed by atoms with Gasteiger partial charge in [0.1, 0.15) is 0 Å². The fourth-order valence-electron chi connectivity index (χ4n) is 0.595. The van der Waals surface area contributed by atoms with Crippen LogP contribution in [-0.4, -0.2) is 18.6 Å². The first-order chi connectivity index (χ1) is 5.71. The summed E-state index contributed by atoms with van der Waals surface area (Å²) in [5.41, 5.74) is -1.32. The van der Waals surface area contributed by atoms with E-state index >= 15 is 0 Å². The molecule has 0 unspecified atom stereocenters. The van der Waals surface area contributed by atoms with Gasteiger partial charge in [-0.1, -0.05) is 0 Å². The lowest BCUT2D eigenvalue weighted by atomic mass is 10.4. The van der Waals surface area contributed by atoms with Gasteiger partial charge in [0.05, 0.1) is 0 Å². The summed E-state index contributed by atoms with van der Waals surface area (Å²) in [6.45, 7) is 0. The van der Waals surface area contributed by atoms with Crippen molar-refractivity contribution in [3.05, 3.63) is 11.8 Å². The number of alkyl halides is 3. The van der Waals surface area contributed by atoms with Crippen molar-refractivity contribution in [2.24, 2.45) is 5.14 Å². The second-order valence-electron chi connectivity index (χ2n) is 2.16. The van der Waals surface area contributed by atoms with Crippen LogP contribution in [0, 0.1) is 0 Å². The lowest BCUT2D eigenvalue weighted by molar-refractivity contribution is -0.141. The van der Waals surface area contributed by atoms with Crippen LogP contribution < -0.4 is 5.14 Å². The molecule has 13 heavy (non-hydrogen) atoms. The van der Waals surface area contributed by atoms with Gasteiger partial charge >= 0.3 is 6.18 Å². The molecule has 0 saturated carbocycles.